The van der Waals surface area contributed by atoms with E-state index >= 15 is 0 Å². The second kappa shape index (κ2) is 6.01. The normalized spacial score (nSPS) is 12.5. The van der Waals surface area contributed by atoms with Crippen LogP contribution in [0.4, 0.5) is 8.78 Å². The lowest BCUT2D eigenvalue weighted by Crippen LogP contribution is -2.11. The van der Waals surface area contributed by atoms with E-state index in [0.29, 0.717) is 11.3 Å². The molecule has 0 bridgehead atoms. The zero-order valence-corrected chi connectivity index (χ0v) is 11.3. The minimum absolute atomic E-state index is 0.0827. The topological polar surface area (TPSA) is 29.5 Å². The average molecular weight is 278 g/mol. The van der Waals surface area contributed by atoms with Gasteiger partial charge in [-0.1, -0.05) is 30.3 Å². The molecule has 106 valence electrons. The number of hydrogen-bond donors (Lipinski definition) is 1. The predicted molar refractivity (Wildman–Crippen MR) is 72.6 cm³/mol. The Morgan fingerprint density at radius 2 is 1.60 bits per heavy atom. The third-order valence-corrected chi connectivity index (χ3v) is 2.85. The lowest BCUT2D eigenvalue weighted by Gasteiger charge is -2.18. The molecular weight excluding hydrogens is 262 g/mol. The van der Waals surface area contributed by atoms with Crippen LogP contribution < -0.4 is 4.74 Å². The maximum Gasteiger partial charge on any atom is 0.164 e. The molecule has 0 aliphatic rings. The number of aliphatic hydroxyl groups excluding tert-OH is 1. The molecule has 20 heavy (non-hydrogen) atoms. The molecule has 4 heteroatoms. The van der Waals surface area contributed by atoms with Gasteiger partial charge in [-0.25, -0.2) is 8.78 Å². The van der Waals surface area contributed by atoms with Gasteiger partial charge in [-0.15, -0.1) is 0 Å². The Morgan fingerprint density at radius 1 is 0.950 bits per heavy atom. The molecule has 0 aromatic heterocycles. The molecule has 2 nitrogen and oxygen atoms in total. The van der Waals surface area contributed by atoms with Gasteiger partial charge in [-0.3, -0.25) is 0 Å². The van der Waals surface area contributed by atoms with Gasteiger partial charge in [-0.05, 0) is 26.0 Å². The van der Waals surface area contributed by atoms with E-state index in [-0.39, 0.29) is 11.7 Å². The third-order valence-electron chi connectivity index (χ3n) is 2.85. The monoisotopic (exact) mass is 278 g/mol. The van der Waals surface area contributed by atoms with Gasteiger partial charge >= 0.3 is 0 Å². The van der Waals surface area contributed by atoms with Crippen LogP contribution in [0.15, 0.2) is 42.5 Å². The lowest BCUT2D eigenvalue weighted by atomic mass is 10.00. The summed E-state index contributed by atoms with van der Waals surface area (Å²) in [6, 6.07) is 10.5. The molecule has 0 amide bonds. The van der Waals surface area contributed by atoms with E-state index in [1.807, 2.05) is 13.8 Å². The van der Waals surface area contributed by atoms with Crippen molar-refractivity contribution in [1.29, 1.82) is 0 Å². The van der Waals surface area contributed by atoms with Crippen molar-refractivity contribution < 1.29 is 18.6 Å². The third kappa shape index (κ3) is 2.96. The Kier molecular flexibility index (Phi) is 4.35. The van der Waals surface area contributed by atoms with Gasteiger partial charge in [0.05, 0.1) is 6.10 Å². The molecule has 2 aromatic rings. The first-order valence-corrected chi connectivity index (χ1v) is 6.38. The molecule has 0 fully saturated rings. The standard InChI is InChI=1S/C16H16F2O2/c1-10(2)20-14-9-4-3-6-11(14)16(19)12-7-5-8-13(17)15(12)18/h3-10,16,19H,1-2H3. The van der Waals surface area contributed by atoms with Crippen LogP contribution in [0.25, 0.3) is 0 Å². The fourth-order valence-electron chi connectivity index (χ4n) is 1.97. The zero-order valence-electron chi connectivity index (χ0n) is 11.3. The van der Waals surface area contributed by atoms with Crippen molar-refractivity contribution in [2.75, 3.05) is 0 Å². The maximum atomic E-state index is 13.8. The minimum atomic E-state index is -1.28. The summed E-state index contributed by atoms with van der Waals surface area (Å²) < 4.78 is 32.6. The fourth-order valence-corrected chi connectivity index (χ4v) is 1.97. The molecule has 0 saturated heterocycles. The number of hydrogen-bond acceptors (Lipinski definition) is 2. The smallest absolute Gasteiger partial charge is 0.164 e. The van der Waals surface area contributed by atoms with Crippen LogP contribution in [0.3, 0.4) is 0 Å². The number of para-hydroxylation sites is 1. The maximum absolute atomic E-state index is 13.8. The predicted octanol–water partition coefficient (Wildman–Crippen LogP) is 3.83. The van der Waals surface area contributed by atoms with Gasteiger partial charge in [-0.2, -0.15) is 0 Å². The summed E-state index contributed by atoms with van der Waals surface area (Å²) in [5.41, 5.74) is 0.301. The van der Waals surface area contributed by atoms with Crippen molar-refractivity contribution in [3.05, 3.63) is 65.2 Å². The fraction of sp³-hybridized carbons (Fsp3) is 0.250. The van der Waals surface area contributed by atoms with E-state index in [0.717, 1.165) is 6.07 Å². The summed E-state index contributed by atoms with van der Waals surface area (Å²) in [4.78, 5) is 0. The second-order valence-electron chi connectivity index (χ2n) is 4.75. The van der Waals surface area contributed by atoms with Gasteiger partial charge in [0.1, 0.15) is 11.9 Å². The molecule has 1 unspecified atom stereocenters. The SMILES string of the molecule is CC(C)Oc1ccccc1C(O)c1cccc(F)c1F. The largest absolute Gasteiger partial charge is 0.491 e. The van der Waals surface area contributed by atoms with Crippen molar-refractivity contribution in [3.8, 4) is 5.75 Å². The van der Waals surface area contributed by atoms with Crippen molar-refractivity contribution in [2.45, 2.75) is 26.1 Å². The average Bonchev–Trinajstić information content (AvgIpc) is 2.41. The number of rotatable bonds is 4. The van der Waals surface area contributed by atoms with Crippen LogP contribution in [0.2, 0.25) is 0 Å². The van der Waals surface area contributed by atoms with Crippen molar-refractivity contribution in [1.82, 2.24) is 0 Å². The summed E-state index contributed by atoms with van der Waals surface area (Å²) in [5, 5.41) is 10.3. The Morgan fingerprint density at radius 3 is 2.30 bits per heavy atom. The van der Waals surface area contributed by atoms with Gasteiger partial charge in [0.15, 0.2) is 11.6 Å². The van der Waals surface area contributed by atoms with Crippen molar-refractivity contribution >= 4 is 0 Å². The number of benzene rings is 2. The number of ether oxygens (including phenoxy) is 1. The number of halogens is 2. The highest BCUT2D eigenvalue weighted by atomic mass is 19.2. The summed E-state index contributed by atoms with van der Waals surface area (Å²) >= 11 is 0. The first kappa shape index (κ1) is 14.5. The molecule has 2 rings (SSSR count). The van der Waals surface area contributed by atoms with Gasteiger partial charge < -0.3 is 9.84 Å². The van der Waals surface area contributed by atoms with E-state index in [1.54, 1.807) is 24.3 Å². The molecule has 0 aliphatic carbocycles. The van der Waals surface area contributed by atoms with Crippen molar-refractivity contribution in [2.24, 2.45) is 0 Å². The second-order valence-corrected chi connectivity index (χ2v) is 4.75. The summed E-state index contributed by atoms with van der Waals surface area (Å²) in [6.07, 6.45) is -1.36. The number of aliphatic hydroxyl groups is 1. The van der Waals surface area contributed by atoms with Crippen LogP contribution in [-0.4, -0.2) is 11.2 Å². The first-order chi connectivity index (χ1) is 9.50. The Hall–Kier alpha value is -1.94. The van der Waals surface area contributed by atoms with E-state index in [4.69, 9.17) is 4.74 Å². The molecule has 0 heterocycles. The molecular formula is C16H16F2O2. The Labute approximate surface area is 116 Å². The van der Waals surface area contributed by atoms with E-state index in [2.05, 4.69) is 0 Å². The zero-order chi connectivity index (χ0) is 14.7. The molecule has 1 atom stereocenters. The van der Waals surface area contributed by atoms with Crippen LogP contribution in [0.5, 0.6) is 5.75 Å². The van der Waals surface area contributed by atoms with E-state index in [1.165, 1.54) is 12.1 Å². The van der Waals surface area contributed by atoms with E-state index < -0.39 is 17.7 Å². The van der Waals surface area contributed by atoms with Crippen LogP contribution in [0.1, 0.15) is 31.1 Å². The highest BCUT2D eigenvalue weighted by molar-refractivity contribution is 5.40. The molecule has 0 saturated carbocycles. The molecule has 0 spiro atoms. The lowest BCUT2D eigenvalue weighted by molar-refractivity contribution is 0.193. The first-order valence-electron chi connectivity index (χ1n) is 6.38. The highest BCUT2D eigenvalue weighted by Gasteiger charge is 2.20. The molecule has 0 aliphatic heterocycles. The van der Waals surface area contributed by atoms with Crippen molar-refractivity contribution in [3.63, 3.8) is 0 Å². The summed E-state index contributed by atoms with van der Waals surface area (Å²) in [7, 11) is 0. The summed E-state index contributed by atoms with van der Waals surface area (Å²) in [6.45, 7) is 3.71. The Bertz CT molecular complexity index is 597. The highest BCUT2D eigenvalue weighted by Crippen LogP contribution is 2.32. The quantitative estimate of drug-likeness (QED) is 0.921. The summed E-state index contributed by atoms with van der Waals surface area (Å²) in [5.74, 6) is -1.57. The van der Waals surface area contributed by atoms with Crippen LogP contribution in [0, 0.1) is 11.6 Å². The van der Waals surface area contributed by atoms with Gasteiger partial charge in [0, 0.05) is 11.1 Å². The van der Waals surface area contributed by atoms with Crippen LogP contribution in [-0.2, 0) is 0 Å². The van der Waals surface area contributed by atoms with Gasteiger partial charge in [0.2, 0.25) is 0 Å². The molecule has 2 aromatic carbocycles. The molecule has 0 radical (unpaired) electrons. The van der Waals surface area contributed by atoms with E-state index in [9.17, 15) is 13.9 Å². The van der Waals surface area contributed by atoms with Crippen LogP contribution >= 0.6 is 0 Å². The molecule has 1 N–H and O–H groups in total. The van der Waals surface area contributed by atoms with Gasteiger partial charge in [0.25, 0.3) is 0 Å². The Balaban J connectivity index is 2.43. The minimum Gasteiger partial charge on any atom is -0.491 e.